The van der Waals surface area contributed by atoms with Gasteiger partial charge in [-0.1, -0.05) is 0 Å². The van der Waals surface area contributed by atoms with Crippen molar-refractivity contribution in [3.63, 3.8) is 0 Å². The third-order valence-electron chi connectivity index (χ3n) is 1.79. The average Bonchev–Trinajstić information content (AvgIpc) is 2.65. The molecule has 1 aromatic heterocycles. The van der Waals surface area contributed by atoms with Crippen LogP contribution in [-0.2, 0) is 20.8 Å². The van der Waals surface area contributed by atoms with Crippen molar-refractivity contribution in [3.05, 3.63) is 11.8 Å². The third kappa shape index (κ3) is 3.61. The summed E-state index contributed by atoms with van der Waals surface area (Å²) in [6, 6.07) is 0. The number of hydrogen-bond donors (Lipinski definition) is 3. The van der Waals surface area contributed by atoms with Crippen LogP contribution in [0.15, 0.2) is 11.2 Å². The van der Waals surface area contributed by atoms with E-state index in [4.69, 9.17) is 5.11 Å². The second-order valence-electron chi connectivity index (χ2n) is 3.09. The summed E-state index contributed by atoms with van der Waals surface area (Å²) in [6.45, 7) is -0.0382. The van der Waals surface area contributed by atoms with Gasteiger partial charge in [-0.2, -0.15) is 5.10 Å². The lowest BCUT2D eigenvalue weighted by Crippen LogP contribution is -2.29. The van der Waals surface area contributed by atoms with Crippen LogP contribution in [0.1, 0.15) is 10.4 Å². The summed E-state index contributed by atoms with van der Waals surface area (Å²) in [7, 11) is -5.10. The molecule has 1 unspecified atom stereocenters. The van der Waals surface area contributed by atoms with Crippen LogP contribution in [-0.4, -0.2) is 52.5 Å². The van der Waals surface area contributed by atoms with Crippen molar-refractivity contribution in [2.24, 2.45) is 0 Å². The fourth-order valence-electron chi connectivity index (χ4n) is 1.02. The molecule has 0 saturated carbocycles. The quantitative estimate of drug-likeness (QED) is 0.598. The van der Waals surface area contributed by atoms with Crippen LogP contribution >= 0.6 is 0 Å². The maximum atomic E-state index is 11.7. The van der Waals surface area contributed by atoms with E-state index in [9.17, 15) is 17.4 Å². The predicted molar refractivity (Wildman–Crippen MR) is 59.7 cm³/mol. The van der Waals surface area contributed by atoms with Crippen LogP contribution in [0.5, 0.6) is 0 Å². The Morgan fingerprint density at radius 3 is 2.82 bits per heavy atom. The summed E-state index contributed by atoms with van der Waals surface area (Å²) < 4.78 is 36.2. The molecule has 0 aliphatic heterocycles. The molecule has 0 spiro atoms. The number of H-pyrrole nitrogens is 1. The summed E-state index contributed by atoms with van der Waals surface area (Å²) in [6.07, 6.45) is 2.35. The van der Waals surface area contributed by atoms with Crippen LogP contribution in [0.25, 0.3) is 0 Å². The molecule has 0 saturated heterocycles. The number of aromatic amines is 1. The van der Waals surface area contributed by atoms with E-state index in [1.54, 1.807) is 0 Å². The van der Waals surface area contributed by atoms with Crippen LogP contribution in [0.4, 0.5) is 0 Å². The van der Waals surface area contributed by atoms with E-state index in [0.29, 0.717) is 0 Å². The minimum atomic E-state index is -3.97. The Kier molecular flexibility index (Phi) is 4.37. The molecule has 0 radical (unpaired) electrons. The first-order valence-corrected chi connectivity index (χ1v) is 7.62. The van der Waals surface area contributed by atoms with Crippen LogP contribution in [0.2, 0.25) is 0 Å². The van der Waals surface area contributed by atoms with Gasteiger partial charge in [0, 0.05) is 29.4 Å². The monoisotopic (exact) mass is 281 g/mol. The zero-order valence-electron chi connectivity index (χ0n) is 8.84. The number of carboxylic acid groups (broad SMARTS) is 1. The molecule has 0 amide bonds. The standard InChI is InChI=1S/C7H11N3O5S2/c1-16(13)3-2-9-17(14,15)6-5(7(11)12)4-8-10-6/h4,9H,2-3H2,1H3,(H,8,10)(H,11,12). The molecular weight excluding hydrogens is 270 g/mol. The summed E-state index contributed by atoms with van der Waals surface area (Å²) in [5.74, 6) is -1.24. The zero-order chi connectivity index (χ0) is 13.1. The first-order valence-electron chi connectivity index (χ1n) is 4.41. The molecule has 8 nitrogen and oxygen atoms in total. The molecule has 0 aromatic carbocycles. The largest absolute Gasteiger partial charge is 0.478 e. The molecule has 0 fully saturated rings. The van der Waals surface area contributed by atoms with E-state index in [2.05, 4.69) is 14.9 Å². The highest BCUT2D eigenvalue weighted by atomic mass is 32.2. The van der Waals surface area contributed by atoms with Gasteiger partial charge in [0.2, 0.25) is 0 Å². The highest BCUT2D eigenvalue weighted by Crippen LogP contribution is 2.10. The molecule has 1 aromatic rings. The average molecular weight is 281 g/mol. The Balaban J connectivity index is 2.86. The molecular formula is C7H11N3O5S2. The smallest absolute Gasteiger partial charge is 0.340 e. The summed E-state index contributed by atoms with van der Waals surface area (Å²) >= 11 is 0. The normalized spacial score (nSPS) is 13.5. The van der Waals surface area contributed by atoms with Gasteiger partial charge in [0.1, 0.15) is 5.56 Å². The lowest BCUT2D eigenvalue weighted by atomic mass is 10.4. The maximum Gasteiger partial charge on any atom is 0.340 e. The van der Waals surface area contributed by atoms with Crippen molar-refractivity contribution < 1.29 is 22.5 Å². The van der Waals surface area contributed by atoms with Gasteiger partial charge in [-0.15, -0.1) is 0 Å². The van der Waals surface area contributed by atoms with Crippen molar-refractivity contribution in [2.45, 2.75) is 5.03 Å². The van der Waals surface area contributed by atoms with E-state index in [1.807, 2.05) is 0 Å². The van der Waals surface area contributed by atoms with Gasteiger partial charge in [0.15, 0.2) is 5.03 Å². The van der Waals surface area contributed by atoms with E-state index in [0.717, 1.165) is 6.20 Å². The van der Waals surface area contributed by atoms with Crippen molar-refractivity contribution in [1.82, 2.24) is 14.9 Å². The Morgan fingerprint density at radius 1 is 1.65 bits per heavy atom. The van der Waals surface area contributed by atoms with Gasteiger partial charge < -0.3 is 5.11 Å². The molecule has 1 atom stereocenters. The molecule has 0 aliphatic carbocycles. The van der Waals surface area contributed by atoms with E-state index >= 15 is 0 Å². The number of aromatic nitrogens is 2. The van der Waals surface area contributed by atoms with Gasteiger partial charge in [-0.05, 0) is 0 Å². The van der Waals surface area contributed by atoms with Crippen molar-refractivity contribution >= 4 is 26.8 Å². The first-order chi connectivity index (χ1) is 7.84. The summed E-state index contributed by atoms with van der Waals surface area (Å²) in [5, 5.41) is 13.7. The number of rotatable bonds is 6. The lowest BCUT2D eigenvalue weighted by molar-refractivity contribution is 0.0692. The molecule has 3 N–H and O–H groups in total. The second kappa shape index (κ2) is 5.38. The fourth-order valence-corrected chi connectivity index (χ4v) is 2.66. The fraction of sp³-hybridized carbons (Fsp3) is 0.429. The van der Waals surface area contributed by atoms with Gasteiger partial charge >= 0.3 is 5.97 Å². The third-order valence-corrected chi connectivity index (χ3v) is 4.00. The van der Waals surface area contributed by atoms with Crippen LogP contribution in [0.3, 0.4) is 0 Å². The van der Waals surface area contributed by atoms with Crippen molar-refractivity contribution in [3.8, 4) is 0 Å². The van der Waals surface area contributed by atoms with Gasteiger partial charge in [-0.3, -0.25) is 9.31 Å². The van der Waals surface area contributed by atoms with E-state index < -0.39 is 37.4 Å². The minimum absolute atomic E-state index is 0.0382. The van der Waals surface area contributed by atoms with Gasteiger partial charge in [-0.25, -0.2) is 17.9 Å². The van der Waals surface area contributed by atoms with Gasteiger partial charge in [0.25, 0.3) is 10.0 Å². The SMILES string of the molecule is CS(=O)CCNS(=O)(=O)c1[nH]ncc1C(=O)O. The summed E-state index contributed by atoms with van der Waals surface area (Å²) in [5.41, 5.74) is -0.435. The molecule has 10 heteroatoms. The van der Waals surface area contributed by atoms with Crippen LogP contribution < -0.4 is 4.72 Å². The van der Waals surface area contributed by atoms with Crippen molar-refractivity contribution in [2.75, 3.05) is 18.6 Å². The Hall–Kier alpha value is -1.26. The first kappa shape index (κ1) is 13.8. The molecule has 1 rings (SSSR count). The highest BCUT2D eigenvalue weighted by Gasteiger charge is 2.24. The predicted octanol–water partition coefficient (Wildman–Crippen LogP) is -1.24. The number of aromatic carboxylic acids is 1. The van der Waals surface area contributed by atoms with E-state index in [1.165, 1.54) is 6.26 Å². The Bertz CT molecular complexity index is 535. The minimum Gasteiger partial charge on any atom is -0.478 e. The molecule has 96 valence electrons. The topological polar surface area (TPSA) is 129 Å². The maximum absolute atomic E-state index is 11.7. The number of hydrogen-bond acceptors (Lipinski definition) is 5. The zero-order valence-corrected chi connectivity index (χ0v) is 10.5. The number of carboxylic acids is 1. The number of sulfonamides is 1. The molecule has 17 heavy (non-hydrogen) atoms. The van der Waals surface area contributed by atoms with Gasteiger partial charge in [0.05, 0.1) is 6.20 Å². The summed E-state index contributed by atoms with van der Waals surface area (Å²) in [4.78, 5) is 10.7. The van der Waals surface area contributed by atoms with E-state index in [-0.39, 0.29) is 12.3 Å². The lowest BCUT2D eigenvalue weighted by Gasteiger charge is -2.04. The van der Waals surface area contributed by atoms with Crippen molar-refractivity contribution in [1.29, 1.82) is 0 Å². The number of nitrogens with zero attached hydrogens (tertiary/aromatic N) is 1. The Morgan fingerprint density at radius 2 is 2.29 bits per heavy atom. The van der Waals surface area contributed by atoms with Crippen LogP contribution in [0, 0.1) is 0 Å². The number of carbonyl (C=O) groups is 1. The Labute approximate surface area is 99.9 Å². The number of nitrogens with one attached hydrogen (secondary N) is 2. The molecule has 0 aliphatic rings. The molecule has 0 bridgehead atoms. The second-order valence-corrected chi connectivity index (χ2v) is 6.35. The highest BCUT2D eigenvalue weighted by molar-refractivity contribution is 7.89. The molecule has 1 heterocycles.